The number of carbonyl (C=O) groups excluding carboxylic acids is 1. The van der Waals surface area contributed by atoms with Gasteiger partial charge in [-0.3, -0.25) is 9.89 Å². The van der Waals surface area contributed by atoms with Crippen molar-refractivity contribution in [3.05, 3.63) is 77.5 Å². The highest BCUT2D eigenvalue weighted by Crippen LogP contribution is 2.29. The number of benzene rings is 2. The first kappa shape index (κ1) is 17.4. The second-order valence-corrected chi connectivity index (χ2v) is 6.79. The van der Waals surface area contributed by atoms with Gasteiger partial charge in [-0.25, -0.2) is 8.78 Å². The summed E-state index contributed by atoms with van der Waals surface area (Å²) in [5, 5.41) is 7.48. The number of H-pyrrole nitrogens is 1. The van der Waals surface area contributed by atoms with Gasteiger partial charge in [-0.05, 0) is 37.1 Å². The quantitative estimate of drug-likeness (QED) is 0.747. The molecule has 0 spiro atoms. The molecule has 3 aromatic rings. The predicted octanol–water partition coefficient (Wildman–Crippen LogP) is 4.37. The van der Waals surface area contributed by atoms with Crippen molar-refractivity contribution in [2.24, 2.45) is 0 Å². The van der Waals surface area contributed by atoms with Crippen LogP contribution in [0.15, 0.2) is 54.6 Å². The lowest BCUT2D eigenvalue weighted by Crippen LogP contribution is -2.39. The zero-order chi connectivity index (χ0) is 18.8. The Labute approximate surface area is 155 Å². The van der Waals surface area contributed by atoms with Crippen molar-refractivity contribution in [2.45, 2.75) is 18.8 Å². The second kappa shape index (κ2) is 7.31. The second-order valence-electron chi connectivity index (χ2n) is 6.79. The van der Waals surface area contributed by atoms with E-state index >= 15 is 0 Å². The number of aromatic nitrogens is 2. The van der Waals surface area contributed by atoms with Crippen LogP contribution in [0.2, 0.25) is 0 Å². The Kier molecular flexibility index (Phi) is 4.71. The fraction of sp³-hybridized carbons (Fsp3) is 0.238. The van der Waals surface area contributed by atoms with Crippen molar-refractivity contribution in [1.29, 1.82) is 0 Å². The van der Waals surface area contributed by atoms with Crippen LogP contribution in [0.3, 0.4) is 0 Å². The number of hydrogen-bond acceptors (Lipinski definition) is 2. The molecule has 0 saturated carbocycles. The molecule has 1 saturated heterocycles. The Morgan fingerprint density at radius 2 is 1.89 bits per heavy atom. The summed E-state index contributed by atoms with van der Waals surface area (Å²) in [6.45, 7) is 1.13. The number of nitrogens with one attached hydrogen (secondary N) is 1. The molecule has 1 fully saturated rings. The lowest BCUT2D eigenvalue weighted by atomic mass is 9.94. The van der Waals surface area contributed by atoms with E-state index in [9.17, 15) is 13.6 Å². The first-order valence-electron chi connectivity index (χ1n) is 8.97. The van der Waals surface area contributed by atoms with Crippen LogP contribution < -0.4 is 0 Å². The van der Waals surface area contributed by atoms with Crippen molar-refractivity contribution in [2.75, 3.05) is 13.1 Å². The predicted molar refractivity (Wildman–Crippen MR) is 98.3 cm³/mol. The van der Waals surface area contributed by atoms with Gasteiger partial charge < -0.3 is 4.90 Å². The number of piperidine rings is 1. The van der Waals surface area contributed by atoms with Crippen LogP contribution in [0.25, 0.3) is 11.3 Å². The summed E-state index contributed by atoms with van der Waals surface area (Å²) < 4.78 is 26.6. The van der Waals surface area contributed by atoms with Crippen LogP contribution in [0.1, 0.15) is 34.8 Å². The van der Waals surface area contributed by atoms with E-state index in [-0.39, 0.29) is 17.4 Å². The molecule has 138 valence electrons. The van der Waals surface area contributed by atoms with Crippen molar-refractivity contribution in [3.8, 4) is 11.3 Å². The largest absolute Gasteiger partial charge is 0.338 e. The molecule has 0 bridgehead atoms. The number of hydrogen-bond donors (Lipinski definition) is 1. The van der Waals surface area contributed by atoms with Crippen LogP contribution in [-0.4, -0.2) is 34.1 Å². The Balaban J connectivity index is 1.50. The van der Waals surface area contributed by atoms with Gasteiger partial charge >= 0.3 is 0 Å². The number of halogens is 2. The summed E-state index contributed by atoms with van der Waals surface area (Å²) in [6.07, 6.45) is 1.79. The summed E-state index contributed by atoms with van der Waals surface area (Å²) in [4.78, 5) is 14.4. The Morgan fingerprint density at radius 1 is 1.07 bits per heavy atom. The summed E-state index contributed by atoms with van der Waals surface area (Å²) in [5.74, 6) is -2.09. The van der Waals surface area contributed by atoms with E-state index in [1.165, 1.54) is 6.07 Å². The first-order chi connectivity index (χ1) is 13.1. The van der Waals surface area contributed by atoms with E-state index in [1.807, 2.05) is 36.4 Å². The third-order valence-electron chi connectivity index (χ3n) is 4.98. The van der Waals surface area contributed by atoms with Gasteiger partial charge in [0, 0.05) is 35.8 Å². The SMILES string of the molecule is O=C(c1ccc(F)c(F)c1)N1CCC[C@H](c2cc(-c3ccccc3)n[nH]2)C1. The molecular weight excluding hydrogens is 348 g/mol. The molecule has 1 N–H and O–H groups in total. The van der Waals surface area contributed by atoms with Gasteiger partial charge in [-0.15, -0.1) is 0 Å². The summed E-state index contributed by atoms with van der Waals surface area (Å²) in [7, 11) is 0. The average molecular weight is 367 g/mol. The Morgan fingerprint density at radius 3 is 2.67 bits per heavy atom. The maximum Gasteiger partial charge on any atom is 0.253 e. The molecule has 0 unspecified atom stereocenters. The zero-order valence-electron chi connectivity index (χ0n) is 14.7. The Hall–Kier alpha value is -3.02. The minimum Gasteiger partial charge on any atom is -0.338 e. The van der Waals surface area contributed by atoms with E-state index in [0.717, 1.165) is 41.9 Å². The van der Waals surface area contributed by atoms with Gasteiger partial charge in [0.05, 0.1) is 5.69 Å². The van der Waals surface area contributed by atoms with Crippen LogP contribution in [-0.2, 0) is 0 Å². The molecule has 2 heterocycles. The van der Waals surface area contributed by atoms with E-state index in [0.29, 0.717) is 13.1 Å². The molecule has 0 aliphatic carbocycles. The van der Waals surface area contributed by atoms with Crippen molar-refractivity contribution in [3.63, 3.8) is 0 Å². The van der Waals surface area contributed by atoms with Crippen molar-refractivity contribution >= 4 is 5.91 Å². The minimum atomic E-state index is -1.00. The lowest BCUT2D eigenvalue weighted by Gasteiger charge is -2.32. The van der Waals surface area contributed by atoms with E-state index in [4.69, 9.17) is 0 Å². The van der Waals surface area contributed by atoms with Gasteiger partial charge in [0.1, 0.15) is 0 Å². The fourth-order valence-electron chi connectivity index (χ4n) is 3.53. The average Bonchev–Trinajstić information content (AvgIpc) is 3.21. The normalized spacial score (nSPS) is 17.1. The summed E-state index contributed by atoms with van der Waals surface area (Å²) >= 11 is 0. The number of amides is 1. The molecule has 2 aromatic carbocycles. The van der Waals surface area contributed by atoms with Crippen molar-refractivity contribution < 1.29 is 13.6 Å². The molecule has 0 radical (unpaired) electrons. The maximum absolute atomic E-state index is 13.5. The zero-order valence-corrected chi connectivity index (χ0v) is 14.7. The fourth-order valence-corrected chi connectivity index (χ4v) is 3.53. The van der Waals surface area contributed by atoms with E-state index < -0.39 is 11.6 Å². The number of likely N-dealkylation sites (tertiary alicyclic amines) is 1. The Bertz CT molecular complexity index is 955. The molecule has 1 aliphatic rings. The number of rotatable bonds is 3. The van der Waals surface area contributed by atoms with Gasteiger partial charge in [-0.2, -0.15) is 5.10 Å². The number of aromatic amines is 1. The smallest absolute Gasteiger partial charge is 0.253 e. The van der Waals surface area contributed by atoms with E-state index in [2.05, 4.69) is 10.2 Å². The standard InChI is InChI=1S/C21H19F2N3O/c22-17-9-8-15(11-18(17)23)21(27)26-10-4-7-16(13-26)20-12-19(24-25-20)14-5-2-1-3-6-14/h1-3,5-6,8-9,11-12,16H,4,7,10,13H2,(H,24,25)/t16-/m0/s1. The van der Waals surface area contributed by atoms with Crippen LogP contribution >= 0.6 is 0 Å². The molecule has 4 nitrogen and oxygen atoms in total. The maximum atomic E-state index is 13.5. The highest BCUT2D eigenvalue weighted by molar-refractivity contribution is 5.94. The molecule has 4 rings (SSSR count). The molecular formula is C21H19F2N3O. The molecule has 1 amide bonds. The molecule has 6 heteroatoms. The summed E-state index contributed by atoms with van der Waals surface area (Å²) in [5.41, 5.74) is 3.06. The van der Waals surface area contributed by atoms with Crippen LogP contribution in [0.5, 0.6) is 0 Å². The minimum absolute atomic E-state index is 0.137. The number of nitrogens with zero attached hydrogens (tertiary/aromatic N) is 2. The highest BCUT2D eigenvalue weighted by Gasteiger charge is 2.27. The topological polar surface area (TPSA) is 49.0 Å². The molecule has 1 aliphatic heterocycles. The van der Waals surface area contributed by atoms with Crippen LogP contribution in [0.4, 0.5) is 8.78 Å². The van der Waals surface area contributed by atoms with E-state index in [1.54, 1.807) is 4.90 Å². The molecule has 1 aromatic heterocycles. The van der Waals surface area contributed by atoms with Gasteiger partial charge in [0.25, 0.3) is 5.91 Å². The lowest BCUT2D eigenvalue weighted by molar-refractivity contribution is 0.0705. The third kappa shape index (κ3) is 3.60. The number of carbonyl (C=O) groups is 1. The monoisotopic (exact) mass is 367 g/mol. The van der Waals surface area contributed by atoms with Gasteiger partial charge in [0.2, 0.25) is 0 Å². The van der Waals surface area contributed by atoms with Crippen LogP contribution in [0, 0.1) is 11.6 Å². The van der Waals surface area contributed by atoms with Gasteiger partial charge in [0.15, 0.2) is 11.6 Å². The summed E-state index contributed by atoms with van der Waals surface area (Å²) in [6, 6.07) is 15.2. The third-order valence-corrected chi connectivity index (χ3v) is 4.98. The van der Waals surface area contributed by atoms with Gasteiger partial charge in [-0.1, -0.05) is 30.3 Å². The highest BCUT2D eigenvalue weighted by atomic mass is 19.2. The first-order valence-corrected chi connectivity index (χ1v) is 8.97. The molecule has 27 heavy (non-hydrogen) atoms. The van der Waals surface area contributed by atoms with Crippen molar-refractivity contribution in [1.82, 2.24) is 15.1 Å². The molecule has 1 atom stereocenters.